The van der Waals surface area contributed by atoms with E-state index in [9.17, 15) is 22.8 Å². The molecule has 9 heteroatoms. The van der Waals surface area contributed by atoms with Gasteiger partial charge in [0.2, 0.25) is 0 Å². The monoisotopic (exact) mass is 430 g/mol. The second-order valence-electron chi connectivity index (χ2n) is 6.93. The molecule has 3 aromatic rings. The summed E-state index contributed by atoms with van der Waals surface area (Å²) in [6.45, 7) is 0. The molecule has 2 N–H and O–H groups in total. The predicted molar refractivity (Wildman–Crippen MR) is 106 cm³/mol. The summed E-state index contributed by atoms with van der Waals surface area (Å²) in [7, 11) is 3.03. The van der Waals surface area contributed by atoms with Crippen LogP contribution in [0.3, 0.4) is 0 Å². The van der Waals surface area contributed by atoms with Crippen molar-refractivity contribution < 1.29 is 27.4 Å². The highest BCUT2D eigenvalue weighted by Crippen LogP contribution is 2.46. The van der Waals surface area contributed by atoms with Gasteiger partial charge >= 0.3 is 6.18 Å². The molecule has 2 aromatic carbocycles. The van der Waals surface area contributed by atoms with E-state index >= 15 is 0 Å². The van der Waals surface area contributed by atoms with Crippen LogP contribution in [-0.2, 0) is 6.18 Å². The number of hydrogen-bond acceptors (Lipinski definition) is 4. The Morgan fingerprint density at radius 1 is 0.935 bits per heavy atom. The quantitative estimate of drug-likeness (QED) is 0.658. The Labute approximate surface area is 174 Å². The number of hydrogen-bond donors (Lipinski definition) is 2. The van der Waals surface area contributed by atoms with E-state index in [0.29, 0.717) is 17.6 Å². The number of rotatable bonds is 4. The molecule has 0 fully saturated rings. The van der Waals surface area contributed by atoms with Crippen molar-refractivity contribution in [3.63, 3.8) is 0 Å². The van der Waals surface area contributed by atoms with Gasteiger partial charge in [-0.25, -0.2) is 0 Å². The topological polar surface area (TPSA) is 80.4 Å². The molecule has 1 aliphatic carbocycles. The number of nitrogens with one attached hydrogen (secondary N) is 2. The first kappa shape index (κ1) is 20.5. The zero-order chi connectivity index (χ0) is 22.3. The van der Waals surface area contributed by atoms with Crippen molar-refractivity contribution in [3.8, 4) is 22.6 Å². The molecule has 0 spiro atoms. The van der Waals surface area contributed by atoms with Crippen LogP contribution in [0.2, 0.25) is 0 Å². The fraction of sp³-hybridized carbons (Fsp3) is 0.182. The van der Waals surface area contributed by atoms with Crippen molar-refractivity contribution >= 4 is 5.91 Å². The first-order valence-electron chi connectivity index (χ1n) is 9.20. The van der Waals surface area contributed by atoms with Crippen LogP contribution in [0.25, 0.3) is 11.1 Å². The highest BCUT2D eigenvalue weighted by atomic mass is 19.4. The number of fused-ring (bicyclic) bond motifs is 3. The van der Waals surface area contributed by atoms with E-state index in [1.165, 1.54) is 14.2 Å². The lowest BCUT2D eigenvalue weighted by molar-refractivity contribution is -0.141. The molecule has 0 bridgehead atoms. The van der Waals surface area contributed by atoms with Gasteiger partial charge in [0.05, 0.1) is 20.3 Å². The van der Waals surface area contributed by atoms with Crippen LogP contribution < -0.4 is 20.3 Å². The van der Waals surface area contributed by atoms with Gasteiger partial charge < -0.3 is 19.8 Å². The predicted octanol–water partition coefficient (Wildman–Crippen LogP) is 3.91. The molecule has 0 aliphatic heterocycles. The van der Waals surface area contributed by atoms with E-state index in [1.54, 1.807) is 29.2 Å². The molecule has 0 unspecified atom stereocenters. The minimum Gasteiger partial charge on any atom is -0.497 e. The molecular formula is C22H17F3N2O4. The summed E-state index contributed by atoms with van der Waals surface area (Å²) in [5, 5.41) is 2.76. The van der Waals surface area contributed by atoms with Crippen LogP contribution in [-0.4, -0.2) is 25.1 Å². The highest BCUT2D eigenvalue weighted by molar-refractivity contribution is 5.95. The van der Waals surface area contributed by atoms with Gasteiger partial charge in [-0.3, -0.25) is 9.59 Å². The molecule has 0 radical (unpaired) electrons. The number of amides is 1. The molecule has 31 heavy (non-hydrogen) atoms. The molecule has 0 atom stereocenters. The van der Waals surface area contributed by atoms with Crippen molar-refractivity contribution in [1.82, 2.24) is 10.3 Å². The van der Waals surface area contributed by atoms with E-state index in [1.807, 2.05) is 12.1 Å². The lowest BCUT2D eigenvalue weighted by Gasteiger charge is -2.17. The van der Waals surface area contributed by atoms with E-state index in [0.717, 1.165) is 28.3 Å². The Kier molecular flexibility index (Phi) is 4.96. The molecule has 6 nitrogen and oxygen atoms in total. The van der Waals surface area contributed by atoms with E-state index in [-0.39, 0.29) is 0 Å². The van der Waals surface area contributed by atoms with Crippen LogP contribution >= 0.6 is 0 Å². The molecule has 0 saturated carbocycles. The maximum Gasteiger partial charge on any atom is 0.431 e. The van der Waals surface area contributed by atoms with Gasteiger partial charge in [0.15, 0.2) is 0 Å². The van der Waals surface area contributed by atoms with Gasteiger partial charge in [-0.15, -0.1) is 0 Å². The van der Waals surface area contributed by atoms with Crippen molar-refractivity contribution in [2.24, 2.45) is 0 Å². The Morgan fingerprint density at radius 2 is 1.48 bits per heavy atom. The fourth-order valence-electron chi connectivity index (χ4n) is 3.65. The third-order valence-corrected chi connectivity index (χ3v) is 5.16. The number of ether oxygens (including phenoxy) is 2. The molecule has 4 rings (SSSR count). The zero-order valence-electron chi connectivity index (χ0n) is 16.5. The number of aromatic amines is 1. The average Bonchev–Trinajstić information content (AvgIpc) is 3.04. The van der Waals surface area contributed by atoms with Crippen LogP contribution in [0.1, 0.15) is 33.2 Å². The van der Waals surface area contributed by atoms with Crippen molar-refractivity contribution in [2.45, 2.75) is 12.2 Å². The summed E-state index contributed by atoms with van der Waals surface area (Å²) in [5.74, 6) is 0.347. The number of methoxy groups -OCH3 is 2. The maximum absolute atomic E-state index is 12.8. The second kappa shape index (κ2) is 7.50. The molecule has 1 amide bonds. The van der Waals surface area contributed by atoms with E-state index in [4.69, 9.17) is 9.47 Å². The number of aromatic nitrogens is 1. The lowest BCUT2D eigenvalue weighted by atomic mass is 10.0. The SMILES string of the molecule is COc1ccc2c(c1)C(NC(=O)c1ccc(C(F)(F)F)[nH]c1=O)c1cc(OC)ccc1-2. The summed E-state index contributed by atoms with van der Waals surface area (Å²) in [4.78, 5) is 26.7. The summed E-state index contributed by atoms with van der Waals surface area (Å²) < 4.78 is 49.0. The van der Waals surface area contributed by atoms with Crippen LogP contribution in [0.4, 0.5) is 13.2 Å². The number of benzene rings is 2. The molecule has 1 heterocycles. The number of pyridine rings is 1. The average molecular weight is 430 g/mol. The third kappa shape index (κ3) is 3.63. The standard InChI is InChI=1S/C22H17F3N2O4/c1-30-11-3-5-13-14-6-4-12(31-2)10-17(14)19(16(13)9-11)27-21(29)15-7-8-18(22(23,24)25)26-20(15)28/h3-10,19H,1-2H3,(H,26,28)(H,27,29). The molecular weight excluding hydrogens is 413 g/mol. The van der Waals surface area contributed by atoms with Crippen LogP contribution in [0.15, 0.2) is 53.3 Å². The number of carbonyl (C=O) groups excluding carboxylic acids is 1. The van der Waals surface area contributed by atoms with Gasteiger partial charge in [0, 0.05) is 0 Å². The lowest BCUT2D eigenvalue weighted by Crippen LogP contribution is -2.33. The molecule has 1 aromatic heterocycles. The number of alkyl halides is 3. The summed E-state index contributed by atoms with van der Waals surface area (Å²) in [6, 6.07) is 11.7. The van der Waals surface area contributed by atoms with Crippen LogP contribution in [0, 0.1) is 0 Å². The smallest absolute Gasteiger partial charge is 0.431 e. The Hall–Kier alpha value is -3.75. The van der Waals surface area contributed by atoms with Crippen molar-refractivity contribution in [3.05, 3.63) is 81.3 Å². The largest absolute Gasteiger partial charge is 0.497 e. The summed E-state index contributed by atoms with van der Waals surface area (Å²) >= 11 is 0. The minimum absolute atomic E-state index is 0.422. The summed E-state index contributed by atoms with van der Waals surface area (Å²) in [6.07, 6.45) is -4.72. The normalized spacial score (nSPS) is 12.8. The molecule has 160 valence electrons. The maximum atomic E-state index is 12.8. The number of halogens is 3. The van der Waals surface area contributed by atoms with Crippen molar-refractivity contribution in [2.75, 3.05) is 14.2 Å². The van der Waals surface area contributed by atoms with Crippen molar-refractivity contribution in [1.29, 1.82) is 0 Å². The van der Waals surface area contributed by atoms with E-state index < -0.39 is 34.9 Å². The van der Waals surface area contributed by atoms with Gasteiger partial charge in [-0.1, -0.05) is 12.1 Å². The first-order valence-corrected chi connectivity index (χ1v) is 9.20. The van der Waals surface area contributed by atoms with Gasteiger partial charge in [0.1, 0.15) is 22.8 Å². The third-order valence-electron chi connectivity index (χ3n) is 5.16. The minimum atomic E-state index is -4.72. The van der Waals surface area contributed by atoms with Gasteiger partial charge in [0.25, 0.3) is 11.5 Å². The Bertz CT molecular complexity index is 1180. The fourth-order valence-corrected chi connectivity index (χ4v) is 3.65. The first-order chi connectivity index (χ1) is 14.7. The van der Waals surface area contributed by atoms with E-state index in [2.05, 4.69) is 5.32 Å². The number of carbonyl (C=O) groups is 1. The Balaban J connectivity index is 1.74. The second-order valence-corrected chi connectivity index (χ2v) is 6.93. The zero-order valence-corrected chi connectivity index (χ0v) is 16.5. The highest BCUT2D eigenvalue weighted by Gasteiger charge is 2.34. The number of H-pyrrole nitrogens is 1. The Morgan fingerprint density at radius 3 is 1.94 bits per heavy atom. The molecule has 0 saturated heterocycles. The van der Waals surface area contributed by atoms with Gasteiger partial charge in [-0.05, 0) is 58.7 Å². The van der Waals surface area contributed by atoms with Gasteiger partial charge in [-0.2, -0.15) is 13.2 Å². The molecule has 1 aliphatic rings. The van der Waals surface area contributed by atoms with Crippen LogP contribution in [0.5, 0.6) is 11.5 Å². The summed E-state index contributed by atoms with van der Waals surface area (Å²) in [5.41, 5.74) is 0.435.